The number of carbonyl (C=O) groups is 2. The lowest BCUT2D eigenvalue weighted by molar-refractivity contribution is -0.140. The molecule has 0 saturated heterocycles. The number of imidazole rings is 1. The number of benzene rings is 1. The molecule has 2 heterocycles. The largest absolute Gasteiger partial charge is 0.465 e. The minimum absolute atomic E-state index is 0.00157. The lowest BCUT2D eigenvalue weighted by Gasteiger charge is -2.36. The van der Waals surface area contributed by atoms with Crippen LogP contribution < -0.4 is 10.2 Å². The minimum Gasteiger partial charge on any atom is -0.465 e. The molecule has 1 saturated carbocycles. The number of hydrogen-bond acceptors (Lipinski definition) is 5. The Labute approximate surface area is 194 Å². The molecule has 1 fully saturated rings. The van der Waals surface area contributed by atoms with E-state index in [1.165, 1.54) is 11.5 Å². The number of nitrogens with one attached hydrogen (secondary N) is 1. The molecular weight excluding hydrogens is 449 g/mol. The number of alkyl halides is 3. The second-order valence-corrected chi connectivity index (χ2v) is 8.39. The number of pyridine rings is 1. The maximum Gasteiger partial charge on any atom is 0.434 e. The molecule has 10 heteroatoms. The number of aromatic nitrogens is 2. The van der Waals surface area contributed by atoms with Crippen LogP contribution in [0.5, 0.6) is 0 Å². The number of methoxy groups -OCH3 is 1. The van der Waals surface area contributed by atoms with E-state index < -0.39 is 17.8 Å². The minimum atomic E-state index is -4.50. The molecule has 0 aliphatic heterocycles. The number of nitrogens with zero attached hydrogens (tertiary/aromatic N) is 3. The lowest BCUT2D eigenvalue weighted by Crippen LogP contribution is -2.43. The third kappa shape index (κ3) is 4.85. The number of hydrogen-bond donors (Lipinski definition) is 1. The molecule has 0 bridgehead atoms. The molecule has 1 N–H and O–H groups in total. The van der Waals surface area contributed by atoms with Gasteiger partial charge in [-0.3, -0.25) is 9.20 Å². The van der Waals surface area contributed by atoms with Crippen LogP contribution in [0.15, 0.2) is 48.7 Å². The molecule has 4 rings (SSSR count). The summed E-state index contributed by atoms with van der Waals surface area (Å²) in [7, 11) is 3.17. The SMILES string of the molecule is COC(=O)c1ccc(C(=O)NC2CCC(N(C)c3cccc4nc(C(F)(F)F)cn34)CC2)cc1. The van der Waals surface area contributed by atoms with Gasteiger partial charge in [0.15, 0.2) is 5.69 Å². The number of amides is 1. The Kier molecular flexibility index (Phi) is 6.49. The molecule has 180 valence electrons. The normalized spacial score (nSPS) is 18.5. The summed E-state index contributed by atoms with van der Waals surface area (Å²) in [5.74, 6) is -0.0369. The van der Waals surface area contributed by atoms with Crippen LogP contribution in [-0.2, 0) is 10.9 Å². The standard InChI is InChI=1S/C24H25F3N4O3/c1-30(21-5-3-4-20-29-19(14-31(20)21)24(25,26)27)18-12-10-17(11-13-18)28-22(32)15-6-8-16(9-7-15)23(33)34-2/h3-9,14,17-18H,10-13H2,1-2H3,(H,28,32). The van der Waals surface area contributed by atoms with Crippen LogP contribution >= 0.6 is 0 Å². The maximum absolute atomic E-state index is 13.1. The van der Waals surface area contributed by atoms with Gasteiger partial charge in [-0.15, -0.1) is 0 Å². The zero-order valence-corrected chi connectivity index (χ0v) is 18.8. The van der Waals surface area contributed by atoms with Crippen molar-refractivity contribution < 1.29 is 27.5 Å². The average molecular weight is 474 g/mol. The van der Waals surface area contributed by atoms with Gasteiger partial charge in [0.1, 0.15) is 11.5 Å². The first-order valence-electron chi connectivity index (χ1n) is 10.9. The zero-order chi connectivity index (χ0) is 24.5. The third-order valence-corrected chi connectivity index (χ3v) is 6.27. The average Bonchev–Trinajstić information content (AvgIpc) is 3.29. The topological polar surface area (TPSA) is 75.9 Å². The van der Waals surface area contributed by atoms with Crippen LogP contribution in [0.25, 0.3) is 5.65 Å². The van der Waals surface area contributed by atoms with Gasteiger partial charge in [0.2, 0.25) is 0 Å². The van der Waals surface area contributed by atoms with Crippen molar-refractivity contribution in [3.63, 3.8) is 0 Å². The summed E-state index contributed by atoms with van der Waals surface area (Å²) in [6, 6.07) is 11.4. The van der Waals surface area contributed by atoms with E-state index >= 15 is 0 Å². The van der Waals surface area contributed by atoms with Crippen LogP contribution in [0.1, 0.15) is 52.1 Å². The van der Waals surface area contributed by atoms with Crippen LogP contribution in [0.2, 0.25) is 0 Å². The summed E-state index contributed by atoms with van der Waals surface area (Å²) in [5, 5.41) is 3.03. The van der Waals surface area contributed by atoms with Crippen molar-refractivity contribution in [2.24, 2.45) is 0 Å². The molecule has 0 unspecified atom stereocenters. The van der Waals surface area contributed by atoms with E-state index in [-0.39, 0.29) is 23.6 Å². The number of carbonyl (C=O) groups excluding carboxylic acids is 2. The van der Waals surface area contributed by atoms with E-state index in [2.05, 4.69) is 15.0 Å². The smallest absolute Gasteiger partial charge is 0.434 e. The highest BCUT2D eigenvalue weighted by Crippen LogP contribution is 2.31. The molecule has 0 atom stereocenters. The second kappa shape index (κ2) is 9.36. The Morgan fingerprint density at radius 3 is 2.32 bits per heavy atom. The molecule has 1 aromatic carbocycles. The number of fused-ring (bicyclic) bond motifs is 1. The van der Waals surface area contributed by atoms with Crippen LogP contribution in [0.3, 0.4) is 0 Å². The Morgan fingerprint density at radius 1 is 1.06 bits per heavy atom. The summed E-state index contributed by atoms with van der Waals surface area (Å²) in [6.45, 7) is 0. The molecule has 34 heavy (non-hydrogen) atoms. The van der Waals surface area contributed by atoms with E-state index in [0.29, 0.717) is 16.9 Å². The van der Waals surface area contributed by atoms with Gasteiger partial charge < -0.3 is 15.0 Å². The van der Waals surface area contributed by atoms with Crippen LogP contribution in [0, 0.1) is 0 Å². The first kappa shape index (κ1) is 23.6. The van der Waals surface area contributed by atoms with Crippen molar-refractivity contribution in [3.8, 4) is 0 Å². The quantitative estimate of drug-likeness (QED) is 0.558. The highest BCUT2D eigenvalue weighted by atomic mass is 19.4. The number of ether oxygens (including phenoxy) is 1. The summed E-state index contributed by atoms with van der Waals surface area (Å²) in [5.41, 5.74) is 0.159. The van der Waals surface area contributed by atoms with E-state index in [4.69, 9.17) is 0 Å². The van der Waals surface area contributed by atoms with E-state index in [0.717, 1.165) is 31.9 Å². The van der Waals surface area contributed by atoms with Crippen molar-refractivity contribution in [1.29, 1.82) is 0 Å². The number of rotatable bonds is 5. The number of esters is 1. The van der Waals surface area contributed by atoms with Gasteiger partial charge in [-0.25, -0.2) is 9.78 Å². The maximum atomic E-state index is 13.1. The van der Waals surface area contributed by atoms with Gasteiger partial charge in [-0.05, 0) is 62.1 Å². The van der Waals surface area contributed by atoms with E-state index in [1.807, 2.05) is 11.9 Å². The highest BCUT2D eigenvalue weighted by Gasteiger charge is 2.34. The van der Waals surface area contributed by atoms with E-state index in [1.54, 1.807) is 42.5 Å². The van der Waals surface area contributed by atoms with Crippen molar-refractivity contribution >= 4 is 23.3 Å². The fourth-order valence-corrected chi connectivity index (χ4v) is 4.36. The fourth-order valence-electron chi connectivity index (χ4n) is 4.36. The molecule has 7 nitrogen and oxygen atoms in total. The predicted octanol–water partition coefficient (Wildman–Crippen LogP) is 4.32. The predicted molar refractivity (Wildman–Crippen MR) is 120 cm³/mol. The molecule has 0 radical (unpaired) electrons. The monoisotopic (exact) mass is 474 g/mol. The molecule has 3 aromatic rings. The van der Waals surface area contributed by atoms with Gasteiger partial charge in [0.05, 0.1) is 12.7 Å². The van der Waals surface area contributed by atoms with E-state index in [9.17, 15) is 22.8 Å². The third-order valence-electron chi connectivity index (χ3n) is 6.27. The fraction of sp³-hybridized carbons (Fsp3) is 0.375. The van der Waals surface area contributed by atoms with Crippen molar-refractivity contribution in [1.82, 2.24) is 14.7 Å². The molecule has 1 amide bonds. The summed E-state index contributed by atoms with van der Waals surface area (Å²) < 4.78 is 45.5. The molecule has 1 aliphatic carbocycles. The highest BCUT2D eigenvalue weighted by molar-refractivity contribution is 5.96. The molecule has 0 spiro atoms. The number of anilines is 1. The van der Waals surface area contributed by atoms with Crippen LogP contribution in [-0.4, -0.2) is 47.5 Å². The molecular formula is C24H25F3N4O3. The molecule has 1 aliphatic rings. The van der Waals surface area contributed by atoms with Crippen molar-refractivity contribution in [3.05, 3.63) is 65.5 Å². The summed E-state index contributed by atoms with van der Waals surface area (Å²) in [4.78, 5) is 29.8. The Balaban J connectivity index is 1.38. The van der Waals surface area contributed by atoms with Gasteiger partial charge in [0, 0.05) is 30.9 Å². The number of halogens is 3. The van der Waals surface area contributed by atoms with Gasteiger partial charge in [-0.1, -0.05) is 6.07 Å². The first-order chi connectivity index (χ1) is 16.2. The Hall–Kier alpha value is -3.56. The summed E-state index contributed by atoms with van der Waals surface area (Å²) >= 11 is 0. The Bertz CT molecular complexity index is 1180. The summed E-state index contributed by atoms with van der Waals surface area (Å²) in [6.07, 6.45) is -0.431. The lowest BCUT2D eigenvalue weighted by atomic mass is 9.90. The molecule has 2 aromatic heterocycles. The van der Waals surface area contributed by atoms with Crippen molar-refractivity contribution in [2.75, 3.05) is 19.1 Å². The Morgan fingerprint density at radius 2 is 1.71 bits per heavy atom. The van der Waals surface area contributed by atoms with Crippen LogP contribution in [0.4, 0.5) is 19.0 Å². The second-order valence-electron chi connectivity index (χ2n) is 8.39. The zero-order valence-electron chi connectivity index (χ0n) is 18.8. The van der Waals surface area contributed by atoms with Crippen molar-refractivity contribution in [2.45, 2.75) is 43.9 Å². The van der Waals surface area contributed by atoms with Gasteiger partial charge in [0.25, 0.3) is 5.91 Å². The van der Waals surface area contributed by atoms with Gasteiger partial charge >= 0.3 is 12.1 Å². The van der Waals surface area contributed by atoms with Gasteiger partial charge in [-0.2, -0.15) is 13.2 Å². The first-order valence-corrected chi connectivity index (χ1v) is 10.9.